The van der Waals surface area contributed by atoms with Gasteiger partial charge in [0.05, 0.1) is 19.8 Å². The number of rotatable bonds is 6. The molecule has 0 unspecified atom stereocenters. The van der Waals surface area contributed by atoms with Gasteiger partial charge in [0, 0.05) is 0 Å². The average molecular weight is 372 g/mol. The lowest BCUT2D eigenvalue weighted by Crippen LogP contribution is -2.69. The predicted octanol–water partition coefficient (Wildman–Crippen LogP) is -6.03. The second-order valence-corrected chi connectivity index (χ2v) is 6.16. The lowest BCUT2D eigenvalue weighted by molar-refractivity contribution is -0.404. The van der Waals surface area contributed by atoms with Gasteiger partial charge in [-0.25, -0.2) is 0 Å². The molecule has 0 saturated carbocycles. The molecule has 0 bridgehead atoms. The second kappa shape index (κ2) is 7.64. The van der Waals surface area contributed by atoms with Crippen LogP contribution < -0.4 is 0 Å². The van der Waals surface area contributed by atoms with Crippen LogP contribution in [-0.2, 0) is 14.2 Å². The Morgan fingerprint density at radius 1 is 0.720 bits per heavy atom. The normalized spacial score (nSPS) is 47.2. The summed E-state index contributed by atoms with van der Waals surface area (Å²) in [6, 6.07) is 0. The van der Waals surface area contributed by atoms with E-state index in [9.17, 15) is 40.9 Å². The van der Waals surface area contributed by atoms with E-state index in [1.807, 2.05) is 0 Å². The Hall–Kier alpha value is -0.480. The van der Waals surface area contributed by atoms with Gasteiger partial charge in [-0.2, -0.15) is 0 Å². The highest BCUT2D eigenvalue weighted by Gasteiger charge is 2.60. The van der Waals surface area contributed by atoms with Crippen molar-refractivity contribution in [3.05, 3.63) is 0 Å². The maximum absolute atomic E-state index is 10.1. The minimum Gasteiger partial charge on any atom is -0.394 e. The Morgan fingerprint density at radius 2 is 1.32 bits per heavy atom. The van der Waals surface area contributed by atoms with Gasteiger partial charge in [-0.15, -0.1) is 0 Å². The fraction of sp³-hybridized carbons (Fsp3) is 1.00. The van der Waals surface area contributed by atoms with E-state index in [0.717, 1.165) is 0 Å². The molecule has 0 aromatic rings. The number of ether oxygens (including phenoxy) is 3. The van der Waals surface area contributed by atoms with Crippen LogP contribution in [0.4, 0.5) is 0 Å². The molecule has 2 aliphatic rings. The van der Waals surface area contributed by atoms with E-state index in [4.69, 9.17) is 19.3 Å². The summed E-state index contributed by atoms with van der Waals surface area (Å²) in [5.41, 5.74) is -2.10. The fourth-order valence-electron chi connectivity index (χ4n) is 2.90. The number of aliphatic hydroxyl groups excluding tert-OH is 9. The molecule has 2 rings (SSSR count). The second-order valence-electron chi connectivity index (χ2n) is 6.16. The van der Waals surface area contributed by atoms with Gasteiger partial charge in [-0.3, -0.25) is 0 Å². The molecule has 0 aromatic carbocycles. The topological polar surface area (TPSA) is 210 Å². The summed E-state index contributed by atoms with van der Waals surface area (Å²) in [6.45, 7) is -3.65. The third-order valence-corrected chi connectivity index (χ3v) is 4.60. The summed E-state index contributed by atoms with van der Waals surface area (Å²) >= 11 is 0. The van der Waals surface area contributed by atoms with Crippen LogP contribution >= 0.6 is 0 Å². The predicted molar refractivity (Wildman–Crippen MR) is 74.7 cm³/mol. The standard InChI is InChI=1S/C13H24O12/c14-1-5-6(18)10(22)13(4-17,23-5)25-11-8(20)7(19)9(21)12(2-15,3-16)24-11/h5-11,14-22H,1-4H2/t5-,6-,7-,8-,9+,10+,11+,13-/m1/s1. The zero-order valence-electron chi connectivity index (χ0n) is 13.1. The minimum atomic E-state index is -2.32. The van der Waals surface area contributed by atoms with Gasteiger partial charge in [-0.05, 0) is 0 Å². The van der Waals surface area contributed by atoms with Crippen molar-refractivity contribution in [2.45, 2.75) is 54.3 Å². The van der Waals surface area contributed by atoms with Crippen molar-refractivity contribution in [1.29, 1.82) is 0 Å². The molecule has 9 N–H and O–H groups in total. The van der Waals surface area contributed by atoms with Gasteiger partial charge in [0.1, 0.15) is 48.8 Å². The van der Waals surface area contributed by atoms with Crippen LogP contribution in [0.5, 0.6) is 0 Å². The highest BCUT2D eigenvalue weighted by Crippen LogP contribution is 2.37. The molecule has 2 fully saturated rings. The molecular formula is C13H24O12. The average Bonchev–Trinajstić information content (AvgIpc) is 2.87. The zero-order valence-corrected chi connectivity index (χ0v) is 13.1. The summed E-state index contributed by atoms with van der Waals surface area (Å²) in [4.78, 5) is 0. The smallest absolute Gasteiger partial charge is 0.224 e. The molecule has 12 heteroatoms. The van der Waals surface area contributed by atoms with Crippen LogP contribution in [-0.4, -0.2) is 127 Å². The first-order valence-corrected chi connectivity index (χ1v) is 7.59. The highest BCUT2D eigenvalue weighted by atomic mass is 16.8. The van der Waals surface area contributed by atoms with E-state index in [1.165, 1.54) is 0 Å². The first-order valence-electron chi connectivity index (χ1n) is 7.59. The Morgan fingerprint density at radius 3 is 1.76 bits per heavy atom. The van der Waals surface area contributed by atoms with Gasteiger partial charge in [-0.1, -0.05) is 0 Å². The Bertz CT molecular complexity index is 445. The summed E-state index contributed by atoms with van der Waals surface area (Å²) < 4.78 is 15.6. The van der Waals surface area contributed by atoms with Crippen molar-refractivity contribution in [2.75, 3.05) is 26.4 Å². The third-order valence-electron chi connectivity index (χ3n) is 4.60. The van der Waals surface area contributed by atoms with E-state index in [0.29, 0.717) is 0 Å². The molecule has 0 amide bonds. The van der Waals surface area contributed by atoms with Gasteiger partial charge in [0.25, 0.3) is 0 Å². The van der Waals surface area contributed by atoms with E-state index >= 15 is 0 Å². The van der Waals surface area contributed by atoms with Crippen LogP contribution in [0.15, 0.2) is 0 Å². The van der Waals surface area contributed by atoms with Crippen molar-refractivity contribution < 1.29 is 60.2 Å². The minimum absolute atomic E-state index is 0.712. The molecule has 12 nitrogen and oxygen atoms in total. The molecule has 0 radical (unpaired) electrons. The molecule has 0 aliphatic carbocycles. The zero-order chi connectivity index (χ0) is 19.0. The maximum Gasteiger partial charge on any atom is 0.224 e. The largest absolute Gasteiger partial charge is 0.394 e. The van der Waals surface area contributed by atoms with Crippen LogP contribution in [0.1, 0.15) is 0 Å². The fourth-order valence-corrected chi connectivity index (χ4v) is 2.90. The summed E-state index contributed by atoms with van der Waals surface area (Å²) in [7, 11) is 0. The van der Waals surface area contributed by atoms with Crippen molar-refractivity contribution in [1.82, 2.24) is 0 Å². The van der Waals surface area contributed by atoms with Crippen LogP contribution in [0.2, 0.25) is 0 Å². The van der Waals surface area contributed by atoms with E-state index < -0.39 is 80.7 Å². The van der Waals surface area contributed by atoms with Crippen LogP contribution in [0.25, 0.3) is 0 Å². The lowest BCUT2D eigenvalue weighted by Gasteiger charge is -2.48. The molecule has 25 heavy (non-hydrogen) atoms. The number of hydrogen-bond donors (Lipinski definition) is 9. The number of aliphatic hydroxyl groups is 9. The van der Waals surface area contributed by atoms with E-state index in [2.05, 4.69) is 0 Å². The molecule has 2 heterocycles. The van der Waals surface area contributed by atoms with Crippen molar-refractivity contribution >= 4 is 0 Å². The molecule has 148 valence electrons. The van der Waals surface area contributed by atoms with Crippen molar-refractivity contribution in [3.8, 4) is 0 Å². The van der Waals surface area contributed by atoms with Crippen LogP contribution in [0, 0.1) is 0 Å². The summed E-state index contributed by atoms with van der Waals surface area (Å²) in [6.07, 6.45) is -12.4. The third kappa shape index (κ3) is 3.29. The quantitative estimate of drug-likeness (QED) is 0.213. The molecular weight excluding hydrogens is 348 g/mol. The molecule has 2 aliphatic heterocycles. The lowest BCUT2D eigenvalue weighted by atomic mass is 9.88. The van der Waals surface area contributed by atoms with E-state index in [1.54, 1.807) is 0 Å². The highest BCUT2D eigenvalue weighted by molar-refractivity contribution is 5.02. The SMILES string of the molecule is OC[C@H]1O[C@](CO)(O[C@@H]2OC(CO)(CO)[C@@H](O)[C@H](O)[C@H]2O)[C@@H](O)[C@@H]1O. The van der Waals surface area contributed by atoms with Gasteiger partial charge in [0.2, 0.25) is 5.79 Å². The number of hydrogen-bond acceptors (Lipinski definition) is 12. The Kier molecular flexibility index (Phi) is 6.36. The summed E-state index contributed by atoms with van der Waals surface area (Å²) in [5, 5.41) is 87.2. The van der Waals surface area contributed by atoms with Gasteiger partial charge >= 0.3 is 0 Å². The summed E-state index contributed by atoms with van der Waals surface area (Å²) in [5.74, 6) is -2.32. The Balaban J connectivity index is 2.27. The van der Waals surface area contributed by atoms with Gasteiger partial charge in [0.15, 0.2) is 6.29 Å². The Labute approximate surface area is 142 Å². The molecule has 0 spiro atoms. The van der Waals surface area contributed by atoms with Crippen molar-refractivity contribution in [3.63, 3.8) is 0 Å². The van der Waals surface area contributed by atoms with E-state index in [-0.39, 0.29) is 0 Å². The van der Waals surface area contributed by atoms with Crippen LogP contribution in [0.3, 0.4) is 0 Å². The maximum atomic E-state index is 10.1. The molecule has 8 atom stereocenters. The monoisotopic (exact) mass is 372 g/mol. The first kappa shape index (κ1) is 20.8. The van der Waals surface area contributed by atoms with Gasteiger partial charge < -0.3 is 60.2 Å². The first-order chi connectivity index (χ1) is 11.7. The molecule has 2 saturated heterocycles. The van der Waals surface area contributed by atoms with Crippen molar-refractivity contribution in [2.24, 2.45) is 0 Å². The molecule has 0 aromatic heterocycles.